The van der Waals surface area contributed by atoms with E-state index in [0.717, 1.165) is 24.7 Å². The third-order valence-corrected chi connectivity index (χ3v) is 3.81. The predicted octanol–water partition coefficient (Wildman–Crippen LogP) is 2.26. The zero-order valence-electron chi connectivity index (χ0n) is 14.7. The number of methoxy groups -OCH3 is 1. The lowest BCUT2D eigenvalue weighted by Gasteiger charge is -2.26. The number of nitrogens with zero attached hydrogens (tertiary/aromatic N) is 2. The maximum absolute atomic E-state index is 5.22. The number of likely N-dealkylation sites (N-methyl/N-ethyl adjacent to an activating group) is 1. The van der Waals surface area contributed by atoms with Gasteiger partial charge in [0.15, 0.2) is 5.96 Å². The molecule has 0 aliphatic heterocycles. The molecular formula is C17H30N4O. The van der Waals surface area contributed by atoms with E-state index in [4.69, 9.17) is 4.74 Å². The van der Waals surface area contributed by atoms with Crippen LogP contribution >= 0.6 is 0 Å². The molecule has 1 aromatic carbocycles. The Morgan fingerprint density at radius 2 is 1.91 bits per heavy atom. The lowest BCUT2D eigenvalue weighted by Crippen LogP contribution is -2.44. The van der Waals surface area contributed by atoms with Crippen LogP contribution in [0.1, 0.15) is 31.9 Å². The molecule has 22 heavy (non-hydrogen) atoms. The average Bonchev–Trinajstić information content (AvgIpc) is 2.53. The minimum atomic E-state index is 0.265. The van der Waals surface area contributed by atoms with Crippen LogP contribution in [0, 0.1) is 0 Å². The number of ether oxygens (including phenoxy) is 1. The Balaban J connectivity index is 2.71. The Hall–Kier alpha value is -1.75. The van der Waals surface area contributed by atoms with Crippen molar-refractivity contribution in [2.24, 2.45) is 4.99 Å². The molecule has 2 atom stereocenters. The summed E-state index contributed by atoms with van der Waals surface area (Å²) in [4.78, 5) is 6.48. The van der Waals surface area contributed by atoms with Crippen LogP contribution in [0.4, 0.5) is 0 Å². The molecule has 0 fully saturated rings. The van der Waals surface area contributed by atoms with Crippen molar-refractivity contribution < 1.29 is 4.74 Å². The molecule has 0 radical (unpaired) electrons. The first kappa shape index (κ1) is 18.3. The Kier molecular flexibility index (Phi) is 7.74. The molecule has 2 N–H and O–H groups in total. The smallest absolute Gasteiger partial charge is 0.191 e. The fourth-order valence-corrected chi connectivity index (χ4v) is 2.15. The third-order valence-electron chi connectivity index (χ3n) is 3.81. The summed E-state index contributed by atoms with van der Waals surface area (Å²) in [6, 6.07) is 8.88. The van der Waals surface area contributed by atoms with Gasteiger partial charge >= 0.3 is 0 Å². The van der Waals surface area contributed by atoms with Crippen LogP contribution in [-0.2, 0) is 0 Å². The maximum Gasteiger partial charge on any atom is 0.191 e. The predicted molar refractivity (Wildman–Crippen MR) is 93.7 cm³/mol. The van der Waals surface area contributed by atoms with Gasteiger partial charge in [0, 0.05) is 19.6 Å². The molecular weight excluding hydrogens is 276 g/mol. The minimum Gasteiger partial charge on any atom is -0.497 e. The van der Waals surface area contributed by atoms with Gasteiger partial charge in [0.1, 0.15) is 5.75 Å². The Labute approximate surface area is 134 Å². The highest BCUT2D eigenvalue weighted by Gasteiger charge is 2.15. The van der Waals surface area contributed by atoms with Crippen LogP contribution in [0.5, 0.6) is 5.75 Å². The summed E-state index contributed by atoms with van der Waals surface area (Å²) in [5, 5.41) is 6.79. The van der Waals surface area contributed by atoms with Crippen LogP contribution in [0.2, 0.25) is 0 Å². The summed E-state index contributed by atoms with van der Waals surface area (Å²) in [7, 11) is 7.66. The zero-order valence-corrected chi connectivity index (χ0v) is 14.7. The van der Waals surface area contributed by atoms with Crippen molar-refractivity contribution in [3.8, 4) is 5.75 Å². The first-order valence-corrected chi connectivity index (χ1v) is 7.79. The van der Waals surface area contributed by atoms with Gasteiger partial charge in [-0.15, -0.1) is 0 Å². The van der Waals surface area contributed by atoms with Crippen LogP contribution in [-0.4, -0.2) is 51.7 Å². The molecule has 0 saturated heterocycles. The molecule has 0 spiro atoms. The monoisotopic (exact) mass is 306 g/mol. The van der Waals surface area contributed by atoms with Gasteiger partial charge in [-0.1, -0.05) is 19.1 Å². The van der Waals surface area contributed by atoms with Crippen molar-refractivity contribution in [2.45, 2.75) is 32.4 Å². The largest absolute Gasteiger partial charge is 0.497 e. The number of nitrogens with one attached hydrogen (secondary N) is 2. The molecule has 1 rings (SSSR count). The molecule has 0 aliphatic carbocycles. The van der Waals surface area contributed by atoms with Crippen molar-refractivity contribution >= 4 is 5.96 Å². The number of rotatable bonds is 7. The van der Waals surface area contributed by atoms with Crippen LogP contribution in [0.15, 0.2) is 29.3 Å². The first-order chi connectivity index (χ1) is 10.5. The molecule has 124 valence electrons. The van der Waals surface area contributed by atoms with Gasteiger partial charge in [-0.05, 0) is 45.1 Å². The molecule has 0 amide bonds. The highest BCUT2D eigenvalue weighted by Crippen LogP contribution is 2.20. The number of hydrogen-bond acceptors (Lipinski definition) is 3. The quantitative estimate of drug-likeness (QED) is 0.599. The summed E-state index contributed by atoms with van der Waals surface area (Å²) in [6.45, 7) is 5.10. The van der Waals surface area contributed by atoms with Crippen molar-refractivity contribution in [3.05, 3.63) is 29.8 Å². The van der Waals surface area contributed by atoms with E-state index in [1.165, 1.54) is 5.56 Å². The van der Waals surface area contributed by atoms with Gasteiger partial charge in [0.05, 0.1) is 13.2 Å². The molecule has 5 nitrogen and oxygen atoms in total. The average molecular weight is 306 g/mol. The van der Waals surface area contributed by atoms with E-state index < -0.39 is 0 Å². The second kappa shape index (κ2) is 9.30. The number of aliphatic imine (C=N–C) groups is 1. The van der Waals surface area contributed by atoms with E-state index in [9.17, 15) is 0 Å². The summed E-state index contributed by atoms with van der Waals surface area (Å²) in [5.74, 6) is 1.72. The highest BCUT2D eigenvalue weighted by atomic mass is 16.5. The summed E-state index contributed by atoms with van der Waals surface area (Å²) in [5.41, 5.74) is 1.25. The Bertz CT molecular complexity index is 456. The fourth-order valence-electron chi connectivity index (χ4n) is 2.15. The number of guanidine groups is 1. The van der Waals surface area contributed by atoms with Crippen molar-refractivity contribution in [3.63, 3.8) is 0 Å². The van der Waals surface area contributed by atoms with Gasteiger partial charge < -0.3 is 20.3 Å². The minimum absolute atomic E-state index is 0.265. The number of hydrogen-bond donors (Lipinski definition) is 2. The summed E-state index contributed by atoms with van der Waals surface area (Å²) in [6.07, 6.45) is 1.07. The fraction of sp³-hybridized carbons (Fsp3) is 0.588. The van der Waals surface area contributed by atoms with Crippen molar-refractivity contribution in [1.82, 2.24) is 15.5 Å². The highest BCUT2D eigenvalue weighted by molar-refractivity contribution is 5.79. The van der Waals surface area contributed by atoms with Gasteiger partial charge in [0.25, 0.3) is 0 Å². The first-order valence-electron chi connectivity index (χ1n) is 7.79. The standard InChI is InChI=1S/C17H30N4O/c1-7-13(2)20-17(18-3)19-12-16(21(4)5)14-8-10-15(22-6)11-9-14/h8-11,13,16H,7,12H2,1-6H3,(H2,18,19,20). The molecule has 1 aromatic rings. The molecule has 2 unspecified atom stereocenters. The molecule has 0 aromatic heterocycles. The van der Waals surface area contributed by atoms with Crippen LogP contribution in [0.25, 0.3) is 0 Å². The van der Waals surface area contributed by atoms with Crippen LogP contribution in [0.3, 0.4) is 0 Å². The van der Waals surface area contributed by atoms with E-state index >= 15 is 0 Å². The van der Waals surface area contributed by atoms with E-state index in [2.05, 4.69) is 60.6 Å². The van der Waals surface area contributed by atoms with Gasteiger partial charge in [-0.25, -0.2) is 0 Å². The Morgan fingerprint density at radius 1 is 1.27 bits per heavy atom. The molecule has 0 bridgehead atoms. The molecule has 0 saturated carbocycles. The molecule has 5 heteroatoms. The van der Waals surface area contributed by atoms with Gasteiger partial charge in [-0.3, -0.25) is 4.99 Å². The zero-order chi connectivity index (χ0) is 16.5. The summed E-state index contributed by atoms with van der Waals surface area (Å²) >= 11 is 0. The van der Waals surface area contributed by atoms with Crippen LogP contribution < -0.4 is 15.4 Å². The molecule has 0 heterocycles. The second-order valence-electron chi connectivity index (χ2n) is 5.66. The maximum atomic E-state index is 5.22. The van der Waals surface area contributed by atoms with Gasteiger partial charge in [0.2, 0.25) is 0 Å². The lowest BCUT2D eigenvalue weighted by molar-refractivity contribution is 0.297. The SMILES string of the molecule is CCC(C)NC(=NC)NCC(c1ccc(OC)cc1)N(C)C. The summed E-state index contributed by atoms with van der Waals surface area (Å²) < 4.78 is 5.22. The Morgan fingerprint density at radius 3 is 2.36 bits per heavy atom. The lowest BCUT2D eigenvalue weighted by atomic mass is 10.1. The topological polar surface area (TPSA) is 48.9 Å². The van der Waals surface area contributed by atoms with Gasteiger partial charge in [-0.2, -0.15) is 0 Å². The normalized spacial score (nSPS) is 14.6. The van der Waals surface area contributed by atoms with Crippen molar-refractivity contribution in [1.29, 1.82) is 0 Å². The van der Waals surface area contributed by atoms with E-state index in [-0.39, 0.29) is 6.04 Å². The van der Waals surface area contributed by atoms with E-state index in [0.29, 0.717) is 6.04 Å². The van der Waals surface area contributed by atoms with E-state index in [1.807, 2.05) is 12.1 Å². The van der Waals surface area contributed by atoms with Crippen molar-refractivity contribution in [2.75, 3.05) is 34.8 Å². The van der Waals surface area contributed by atoms with E-state index in [1.54, 1.807) is 14.2 Å². The molecule has 0 aliphatic rings. The second-order valence-corrected chi connectivity index (χ2v) is 5.66. The number of benzene rings is 1. The third kappa shape index (κ3) is 5.56.